The Morgan fingerprint density at radius 1 is 1.29 bits per heavy atom. The van der Waals surface area contributed by atoms with Crippen LogP contribution in [0.5, 0.6) is 0 Å². The van der Waals surface area contributed by atoms with Gasteiger partial charge in [-0.1, -0.05) is 6.58 Å². The smallest absolute Gasteiger partial charge is 0.175 e. The Bertz CT molecular complexity index is 399. The zero-order chi connectivity index (χ0) is 12.5. The van der Waals surface area contributed by atoms with Gasteiger partial charge in [-0.3, -0.25) is 4.90 Å². The molecular formula is C13H20N4. The summed E-state index contributed by atoms with van der Waals surface area (Å²) in [6, 6.07) is 1.82. The van der Waals surface area contributed by atoms with Crippen LogP contribution in [0.15, 0.2) is 25.0 Å². The van der Waals surface area contributed by atoms with Gasteiger partial charge in [0.25, 0.3) is 0 Å². The summed E-state index contributed by atoms with van der Waals surface area (Å²) in [5.74, 6) is 0.729. The summed E-state index contributed by atoms with van der Waals surface area (Å²) in [5.41, 5.74) is 1.09. The fraction of sp³-hybridized carbons (Fsp3) is 0.538. The molecule has 0 spiro atoms. The lowest BCUT2D eigenvalue weighted by molar-refractivity contribution is 0.0695. The summed E-state index contributed by atoms with van der Waals surface area (Å²) >= 11 is 0. The molecule has 1 aliphatic rings. The maximum atomic E-state index is 4.25. The number of nitrogens with zero attached hydrogens (tertiary/aromatic N) is 4. The van der Waals surface area contributed by atoms with Crippen LogP contribution in [0, 0.1) is 0 Å². The van der Waals surface area contributed by atoms with Crippen molar-refractivity contribution in [2.75, 3.05) is 26.7 Å². The lowest BCUT2D eigenvalue weighted by Gasteiger charge is -2.46. The van der Waals surface area contributed by atoms with Crippen LogP contribution in [0.25, 0.3) is 5.70 Å². The molecule has 0 radical (unpaired) electrons. The van der Waals surface area contributed by atoms with Gasteiger partial charge in [0, 0.05) is 37.6 Å². The molecule has 0 aliphatic carbocycles. The highest BCUT2D eigenvalue weighted by Gasteiger charge is 2.32. The van der Waals surface area contributed by atoms with Crippen molar-refractivity contribution in [3.05, 3.63) is 30.9 Å². The van der Waals surface area contributed by atoms with Crippen molar-refractivity contribution in [1.29, 1.82) is 0 Å². The van der Waals surface area contributed by atoms with Crippen LogP contribution in [0.1, 0.15) is 19.7 Å². The van der Waals surface area contributed by atoms with E-state index >= 15 is 0 Å². The van der Waals surface area contributed by atoms with Crippen molar-refractivity contribution < 1.29 is 0 Å². The molecule has 0 bridgehead atoms. The SMILES string of the molecule is C=C(c1ncccn1)N1CCN(C)C(C)(C)C1. The predicted molar refractivity (Wildman–Crippen MR) is 69.3 cm³/mol. The second kappa shape index (κ2) is 4.45. The van der Waals surface area contributed by atoms with E-state index in [9.17, 15) is 0 Å². The van der Waals surface area contributed by atoms with Gasteiger partial charge in [-0.25, -0.2) is 9.97 Å². The first-order chi connectivity index (χ1) is 8.00. The third-order valence-electron chi connectivity index (χ3n) is 3.52. The molecule has 0 saturated carbocycles. The largest absolute Gasteiger partial charge is 0.366 e. The van der Waals surface area contributed by atoms with E-state index in [-0.39, 0.29) is 5.54 Å². The van der Waals surface area contributed by atoms with E-state index in [1.807, 2.05) is 6.07 Å². The molecule has 2 heterocycles. The van der Waals surface area contributed by atoms with E-state index in [2.05, 4.69) is 47.2 Å². The molecule has 1 aromatic rings. The average Bonchev–Trinajstić information content (AvgIpc) is 2.33. The number of hydrogen-bond donors (Lipinski definition) is 0. The van der Waals surface area contributed by atoms with Gasteiger partial charge in [-0.2, -0.15) is 0 Å². The molecule has 1 fully saturated rings. The highest BCUT2D eigenvalue weighted by molar-refractivity contribution is 5.55. The average molecular weight is 232 g/mol. The Hall–Kier alpha value is -1.42. The molecule has 1 saturated heterocycles. The minimum Gasteiger partial charge on any atom is -0.366 e. The Labute approximate surface area is 103 Å². The molecule has 0 N–H and O–H groups in total. The normalized spacial score (nSPS) is 20.3. The Kier molecular flexibility index (Phi) is 3.15. The molecule has 1 aliphatic heterocycles. The summed E-state index contributed by atoms with van der Waals surface area (Å²) in [4.78, 5) is 13.2. The van der Waals surface area contributed by atoms with Gasteiger partial charge in [0.2, 0.25) is 0 Å². The summed E-state index contributed by atoms with van der Waals surface area (Å²) in [6.07, 6.45) is 3.52. The van der Waals surface area contributed by atoms with E-state index in [1.54, 1.807) is 12.4 Å². The molecule has 0 amide bonds. The van der Waals surface area contributed by atoms with Gasteiger partial charge < -0.3 is 4.90 Å². The van der Waals surface area contributed by atoms with Crippen LogP contribution in [-0.4, -0.2) is 52.0 Å². The van der Waals surface area contributed by atoms with Crippen LogP contribution in [-0.2, 0) is 0 Å². The van der Waals surface area contributed by atoms with Gasteiger partial charge in [-0.05, 0) is 27.0 Å². The van der Waals surface area contributed by atoms with E-state index in [0.29, 0.717) is 0 Å². The Balaban J connectivity index is 2.12. The highest BCUT2D eigenvalue weighted by Crippen LogP contribution is 2.24. The van der Waals surface area contributed by atoms with E-state index in [1.165, 1.54) is 0 Å². The van der Waals surface area contributed by atoms with Crippen molar-refractivity contribution in [3.8, 4) is 0 Å². The van der Waals surface area contributed by atoms with Crippen LogP contribution in [0.3, 0.4) is 0 Å². The van der Waals surface area contributed by atoms with Gasteiger partial charge in [0.15, 0.2) is 5.82 Å². The molecule has 1 aromatic heterocycles. The van der Waals surface area contributed by atoms with Crippen LogP contribution in [0.4, 0.5) is 0 Å². The first-order valence-corrected chi connectivity index (χ1v) is 5.93. The molecule has 17 heavy (non-hydrogen) atoms. The third-order valence-corrected chi connectivity index (χ3v) is 3.52. The Morgan fingerprint density at radius 3 is 2.53 bits per heavy atom. The summed E-state index contributed by atoms with van der Waals surface area (Å²) in [5, 5.41) is 0. The standard InChI is InChI=1S/C13H20N4/c1-11(12-14-6-5-7-15-12)17-9-8-16(4)13(2,3)10-17/h5-7H,1,8-10H2,2-4H3. The lowest BCUT2D eigenvalue weighted by atomic mass is 9.99. The van der Waals surface area contributed by atoms with Crippen molar-refractivity contribution in [1.82, 2.24) is 19.8 Å². The van der Waals surface area contributed by atoms with Gasteiger partial charge in [0.1, 0.15) is 0 Å². The molecule has 0 unspecified atom stereocenters. The minimum atomic E-state index is 0.163. The zero-order valence-electron chi connectivity index (χ0n) is 10.8. The first-order valence-electron chi connectivity index (χ1n) is 5.93. The molecule has 92 valence electrons. The second-order valence-corrected chi connectivity index (χ2v) is 5.17. The third kappa shape index (κ3) is 2.47. The summed E-state index contributed by atoms with van der Waals surface area (Å²) in [6.45, 7) is 11.6. The quantitative estimate of drug-likeness (QED) is 0.773. The van der Waals surface area contributed by atoms with Crippen molar-refractivity contribution >= 4 is 5.70 Å². The number of rotatable bonds is 2. The zero-order valence-corrected chi connectivity index (χ0v) is 10.8. The molecule has 4 nitrogen and oxygen atoms in total. The number of hydrogen-bond acceptors (Lipinski definition) is 4. The molecule has 0 aromatic carbocycles. The van der Waals surface area contributed by atoms with Crippen molar-refractivity contribution in [2.24, 2.45) is 0 Å². The van der Waals surface area contributed by atoms with Gasteiger partial charge in [-0.15, -0.1) is 0 Å². The molecule has 2 rings (SSSR count). The first kappa shape index (κ1) is 12.0. The minimum absolute atomic E-state index is 0.163. The molecule has 4 heteroatoms. The predicted octanol–water partition coefficient (Wildman–Crippen LogP) is 1.47. The lowest BCUT2D eigenvalue weighted by Crippen LogP contribution is -2.56. The Morgan fingerprint density at radius 2 is 1.94 bits per heavy atom. The monoisotopic (exact) mass is 232 g/mol. The summed E-state index contributed by atoms with van der Waals surface area (Å²) in [7, 11) is 2.17. The second-order valence-electron chi connectivity index (χ2n) is 5.17. The molecular weight excluding hydrogens is 212 g/mol. The number of aromatic nitrogens is 2. The number of piperazine rings is 1. The highest BCUT2D eigenvalue weighted by atomic mass is 15.3. The maximum absolute atomic E-state index is 4.25. The van der Waals surface area contributed by atoms with Crippen molar-refractivity contribution in [2.45, 2.75) is 19.4 Å². The van der Waals surface area contributed by atoms with Crippen LogP contribution in [0.2, 0.25) is 0 Å². The fourth-order valence-corrected chi connectivity index (χ4v) is 2.06. The summed E-state index contributed by atoms with van der Waals surface area (Å²) < 4.78 is 0. The van der Waals surface area contributed by atoms with E-state index < -0.39 is 0 Å². The number of likely N-dealkylation sites (N-methyl/N-ethyl adjacent to an activating group) is 1. The van der Waals surface area contributed by atoms with Crippen LogP contribution < -0.4 is 0 Å². The fourth-order valence-electron chi connectivity index (χ4n) is 2.06. The van der Waals surface area contributed by atoms with Crippen molar-refractivity contribution in [3.63, 3.8) is 0 Å². The van der Waals surface area contributed by atoms with Gasteiger partial charge in [0.05, 0.1) is 5.70 Å². The molecule has 0 atom stereocenters. The topological polar surface area (TPSA) is 32.3 Å². The van der Waals surface area contributed by atoms with Gasteiger partial charge >= 0.3 is 0 Å². The van der Waals surface area contributed by atoms with Crippen LogP contribution >= 0.6 is 0 Å². The van der Waals surface area contributed by atoms with E-state index in [0.717, 1.165) is 31.2 Å². The maximum Gasteiger partial charge on any atom is 0.175 e. The van der Waals surface area contributed by atoms with E-state index in [4.69, 9.17) is 0 Å².